The first kappa shape index (κ1) is 8.59. The summed E-state index contributed by atoms with van der Waals surface area (Å²) in [6.07, 6.45) is 1.75. The molecule has 2 aromatic heterocycles. The molecule has 3 nitrogen and oxygen atoms in total. The molecule has 0 amide bonds. The topological polar surface area (TPSA) is 38.7 Å². The van der Waals surface area contributed by atoms with Crippen molar-refractivity contribution < 1.29 is 0 Å². The van der Waals surface area contributed by atoms with Crippen molar-refractivity contribution in [1.29, 1.82) is 0 Å². The third-order valence-electron chi connectivity index (χ3n) is 1.64. The second-order valence-corrected chi connectivity index (χ2v) is 3.59. The molecule has 0 N–H and O–H groups in total. The lowest BCUT2D eigenvalue weighted by atomic mass is 10.2. The fraction of sp³-hybridized carbons (Fsp3) is 0.125. The van der Waals surface area contributed by atoms with Gasteiger partial charge in [0.05, 0.1) is 0 Å². The standard InChI is InChI=1S/C8H6ClN3S/c1-5-6(3-2-4-10-5)7-11-8(9)12-13-7/h2-4H,1H3. The molecule has 2 heterocycles. The van der Waals surface area contributed by atoms with Crippen molar-refractivity contribution in [1.82, 2.24) is 14.3 Å². The van der Waals surface area contributed by atoms with E-state index in [1.165, 1.54) is 11.5 Å². The van der Waals surface area contributed by atoms with Crippen LogP contribution in [0.5, 0.6) is 0 Å². The quantitative estimate of drug-likeness (QED) is 0.728. The van der Waals surface area contributed by atoms with Crippen LogP contribution in [-0.2, 0) is 0 Å². The highest BCUT2D eigenvalue weighted by atomic mass is 35.5. The van der Waals surface area contributed by atoms with Gasteiger partial charge in [-0.05, 0) is 42.2 Å². The predicted octanol–water partition coefficient (Wildman–Crippen LogP) is 2.56. The Morgan fingerprint density at radius 2 is 2.31 bits per heavy atom. The molecule has 0 unspecified atom stereocenters. The van der Waals surface area contributed by atoms with Crippen molar-refractivity contribution in [2.45, 2.75) is 6.92 Å². The maximum atomic E-state index is 5.63. The third kappa shape index (κ3) is 1.68. The van der Waals surface area contributed by atoms with Crippen LogP contribution in [0.3, 0.4) is 0 Å². The first-order valence-corrected chi connectivity index (χ1v) is 4.84. The van der Waals surface area contributed by atoms with E-state index in [-0.39, 0.29) is 0 Å². The monoisotopic (exact) mass is 211 g/mol. The zero-order valence-electron chi connectivity index (χ0n) is 6.86. The second-order valence-electron chi connectivity index (χ2n) is 2.50. The van der Waals surface area contributed by atoms with Crippen LogP contribution in [0.15, 0.2) is 18.3 Å². The van der Waals surface area contributed by atoms with Crippen LogP contribution in [-0.4, -0.2) is 14.3 Å². The van der Waals surface area contributed by atoms with Crippen LogP contribution in [0.25, 0.3) is 10.6 Å². The smallest absolute Gasteiger partial charge is 0.234 e. The van der Waals surface area contributed by atoms with E-state index in [4.69, 9.17) is 11.6 Å². The van der Waals surface area contributed by atoms with Gasteiger partial charge < -0.3 is 0 Å². The second kappa shape index (κ2) is 3.40. The van der Waals surface area contributed by atoms with E-state index < -0.39 is 0 Å². The summed E-state index contributed by atoms with van der Waals surface area (Å²) in [5.41, 5.74) is 1.93. The average Bonchev–Trinajstić information content (AvgIpc) is 2.53. The van der Waals surface area contributed by atoms with E-state index in [1.807, 2.05) is 19.1 Å². The maximum absolute atomic E-state index is 5.63. The molecular weight excluding hydrogens is 206 g/mol. The van der Waals surface area contributed by atoms with Crippen LogP contribution in [0, 0.1) is 6.92 Å². The number of halogens is 1. The molecule has 66 valence electrons. The SMILES string of the molecule is Cc1ncccc1-c1nc(Cl)ns1. The van der Waals surface area contributed by atoms with Gasteiger partial charge in [-0.15, -0.1) is 0 Å². The van der Waals surface area contributed by atoms with Gasteiger partial charge in [-0.25, -0.2) is 4.98 Å². The molecule has 0 radical (unpaired) electrons. The lowest BCUT2D eigenvalue weighted by Gasteiger charge is -1.97. The number of aryl methyl sites for hydroxylation is 1. The summed E-state index contributed by atoms with van der Waals surface area (Å²) < 4.78 is 3.90. The Balaban J connectivity index is 2.52. The molecule has 2 aromatic rings. The molecule has 0 saturated carbocycles. The van der Waals surface area contributed by atoms with E-state index in [9.17, 15) is 0 Å². The molecule has 0 aromatic carbocycles. The Labute approximate surface area is 84.6 Å². The zero-order chi connectivity index (χ0) is 9.26. The van der Waals surface area contributed by atoms with Crippen molar-refractivity contribution in [3.63, 3.8) is 0 Å². The van der Waals surface area contributed by atoms with Gasteiger partial charge in [-0.2, -0.15) is 4.37 Å². The van der Waals surface area contributed by atoms with Crippen molar-refractivity contribution in [3.05, 3.63) is 29.3 Å². The van der Waals surface area contributed by atoms with Gasteiger partial charge >= 0.3 is 0 Å². The van der Waals surface area contributed by atoms with Gasteiger partial charge in [0.25, 0.3) is 0 Å². The highest BCUT2D eigenvalue weighted by molar-refractivity contribution is 7.09. The van der Waals surface area contributed by atoms with Gasteiger partial charge in [0.15, 0.2) is 0 Å². The van der Waals surface area contributed by atoms with E-state index in [0.29, 0.717) is 5.28 Å². The summed E-state index contributed by atoms with van der Waals surface area (Å²) >= 11 is 6.91. The fourth-order valence-electron chi connectivity index (χ4n) is 1.03. The Bertz CT molecular complexity index is 427. The Morgan fingerprint density at radius 3 is 2.92 bits per heavy atom. The third-order valence-corrected chi connectivity index (χ3v) is 2.66. The van der Waals surface area contributed by atoms with E-state index >= 15 is 0 Å². The zero-order valence-corrected chi connectivity index (χ0v) is 8.43. The number of hydrogen-bond donors (Lipinski definition) is 0. The Hall–Kier alpha value is -1.00. The minimum atomic E-state index is 0.295. The predicted molar refractivity (Wildman–Crippen MR) is 52.9 cm³/mol. The number of aromatic nitrogens is 3. The molecular formula is C8H6ClN3S. The lowest BCUT2D eigenvalue weighted by Crippen LogP contribution is -1.84. The van der Waals surface area contributed by atoms with E-state index in [1.54, 1.807) is 6.20 Å². The first-order valence-electron chi connectivity index (χ1n) is 3.68. The Kier molecular flexibility index (Phi) is 2.24. The summed E-state index contributed by atoms with van der Waals surface area (Å²) in [4.78, 5) is 8.24. The summed E-state index contributed by atoms with van der Waals surface area (Å²) in [6, 6.07) is 3.83. The summed E-state index contributed by atoms with van der Waals surface area (Å²) in [5.74, 6) is 0. The van der Waals surface area contributed by atoms with Gasteiger partial charge in [0.2, 0.25) is 5.28 Å². The average molecular weight is 212 g/mol. The van der Waals surface area contributed by atoms with Crippen LogP contribution < -0.4 is 0 Å². The van der Waals surface area contributed by atoms with Crippen molar-refractivity contribution in [3.8, 4) is 10.6 Å². The molecule has 0 spiro atoms. The molecule has 0 aliphatic carbocycles. The van der Waals surface area contributed by atoms with E-state index in [2.05, 4.69) is 14.3 Å². The Morgan fingerprint density at radius 1 is 1.46 bits per heavy atom. The van der Waals surface area contributed by atoms with Crippen molar-refractivity contribution in [2.24, 2.45) is 0 Å². The summed E-state index contributed by atoms with van der Waals surface area (Å²) in [5, 5.41) is 1.11. The van der Waals surface area contributed by atoms with Crippen molar-refractivity contribution in [2.75, 3.05) is 0 Å². The summed E-state index contributed by atoms with van der Waals surface area (Å²) in [7, 11) is 0. The normalized spacial score (nSPS) is 10.3. The van der Waals surface area contributed by atoms with Crippen LogP contribution in [0.2, 0.25) is 5.28 Å². The molecule has 0 saturated heterocycles. The molecule has 0 bridgehead atoms. The number of nitrogens with zero attached hydrogens (tertiary/aromatic N) is 3. The highest BCUT2D eigenvalue weighted by Gasteiger charge is 2.07. The van der Waals surface area contributed by atoms with Gasteiger partial charge in [0, 0.05) is 17.5 Å². The fourth-order valence-corrected chi connectivity index (χ4v) is 1.91. The van der Waals surface area contributed by atoms with Gasteiger partial charge in [-0.1, -0.05) is 0 Å². The molecule has 0 atom stereocenters. The van der Waals surface area contributed by atoms with Gasteiger partial charge in [0.1, 0.15) is 5.01 Å². The van der Waals surface area contributed by atoms with E-state index in [0.717, 1.165) is 16.3 Å². The molecule has 0 aliphatic rings. The number of rotatable bonds is 1. The van der Waals surface area contributed by atoms with Crippen molar-refractivity contribution >= 4 is 23.1 Å². The van der Waals surface area contributed by atoms with Crippen LogP contribution in [0.1, 0.15) is 5.69 Å². The molecule has 5 heteroatoms. The molecule has 0 aliphatic heterocycles. The number of pyridine rings is 1. The summed E-state index contributed by atoms with van der Waals surface area (Å²) in [6.45, 7) is 1.94. The molecule has 13 heavy (non-hydrogen) atoms. The largest absolute Gasteiger partial charge is 0.261 e. The molecule has 0 fully saturated rings. The van der Waals surface area contributed by atoms with Crippen LogP contribution in [0.4, 0.5) is 0 Å². The first-order chi connectivity index (χ1) is 6.27. The van der Waals surface area contributed by atoms with Crippen LogP contribution >= 0.6 is 23.1 Å². The molecule has 2 rings (SSSR count). The minimum Gasteiger partial charge on any atom is -0.261 e. The number of hydrogen-bond acceptors (Lipinski definition) is 4. The van der Waals surface area contributed by atoms with Gasteiger partial charge in [-0.3, -0.25) is 4.98 Å². The minimum absolute atomic E-state index is 0.295. The highest BCUT2D eigenvalue weighted by Crippen LogP contribution is 2.24. The lowest BCUT2D eigenvalue weighted by molar-refractivity contribution is 1.19. The maximum Gasteiger partial charge on any atom is 0.234 e.